The average Bonchev–Trinajstić information content (AvgIpc) is 2.19. The van der Waals surface area contributed by atoms with Crippen molar-refractivity contribution in [2.24, 2.45) is 0 Å². The number of alkyl halides is 3. The molecule has 1 nitrogen and oxygen atoms in total. The standard InChI is InChI=1S/C12H15BrF3N/c1-3-4-8(2)17-9-5-6-11(13)10(7-9)12(14,15)16/h5-8,17H,3-4H2,1-2H3. The van der Waals surface area contributed by atoms with Gasteiger partial charge in [0.2, 0.25) is 0 Å². The largest absolute Gasteiger partial charge is 0.417 e. The monoisotopic (exact) mass is 309 g/mol. The summed E-state index contributed by atoms with van der Waals surface area (Å²) in [5.41, 5.74) is -0.146. The second-order valence-electron chi connectivity index (χ2n) is 4.03. The van der Waals surface area contributed by atoms with E-state index in [9.17, 15) is 13.2 Å². The van der Waals surface area contributed by atoms with Gasteiger partial charge < -0.3 is 5.32 Å². The fourth-order valence-corrected chi connectivity index (χ4v) is 2.09. The zero-order chi connectivity index (χ0) is 13.1. The number of anilines is 1. The molecule has 0 aromatic heterocycles. The molecule has 1 N–H and O–H groups in total. The van der Waals surface area contributed by atoms with E-state index < -0.39 is 11.7 Å². The summed E-state index contributed by atoms with van der Waals surface area (Å²) >= 11 is 2.92. The summed E-state index contributed by atoms with van der Waals surface area (Å²) in [6.45, 7) is 4.00. The maximum Gasteiger partial charge on any atom is 0.417 e. The van der Waals surface area contributed by atoms with Gasteiger partial charge in [0.15, 0.2) is 0 Å². The molecule has 5 heteroatoms. The molecule has 1 aromatic rings. The number of hydrogen-bond donors (Lipinski definition) is 1. The van der Waals surface area contributed by atoms with Crippen LogP contribution in [0.15, 0.2) is 22.7 Å². The Balaban J connectivity index is 2.89. The van der Waals surface area contributed by atoms with Crippen LogP contribution in [0.4, 0.5) is 18.9 Å². The summed E-state index contributed by atoms with van der Waals surface area (Å²) in [5, 5.41) is 3.06. The van der Waals surface area contributed by atoms with Gasteiger partial charge in [0.1, 0.15) is 0 Å². The van der Waals surface area contributed by atoms with E-state index in [1.54, 1.807) is 6.07 Å². The summed E-state index contributed by atoms with van der Waals surface area (Å²) in [4.78, 5) is 0. The third kappa shape index (κ3) is 4.22. The zero-order valence-corrected chi connectivity index (χ0v) is 11.3. The van der Waals surface area contributed by atoms with Crippen LogP contribution in [-0.2, 0) is 6.18 Å². The van der Waals surface area contributed by atoms with Gasteiger partial charge in [-0.1, -0.05) is 29.3 Å². The Morgan fingerprint density at radius 3 is 2.53 bits per heavy atom. The zero-order valence-electron chi connectivity index (χ0n) is 9.74. The molecule has 1 unspecified atom stereocenters. The van der Waals surface area contributed by atoms with Crippen molar-refractivity contribution in [2.45, 2.75) is 38.9 Å². The van der Waals surface area contributed by atoms with Crippen LogP contribution >= 0.6 is 15.9 Å². The second kappa shape index (κ2) is 5.76. The molecule has 1 aromatic carbocycles. The molecule has 0 aliphatic rings. The lowest BCUT2D eigenvalue weighted by Crippen LogP contribution is -2.15. The lowest BCUT2D eigenvalue weighted by molar-refractivity contribution is -0.138. The van der Waals surface area contributed by atoms with Gasteiger partial charge in [0, 0.05) is 16.2 Å². The van der Waals surface area contributed by atoms with Crippen molar-refractivity contribution in [3.05, 3.63) is 28.2 Å². The van der Waals surface area contributed by atoms with Crippen molar-refractivity contribution in [1.82, 2.24) is 0 Å². The Hall–Kier alpha value is -0.710. The third-order valence-corrected chi connectivity index (χ3v) is 3.10. The van der Waals surface area contributed by atoms with E-state index in [2.05, 4.69) is 21.2 Å². The topological polar surface area (TPSA) is 12.0 Å². The molecule has 0 amide bonds. The van der Waals surface area contributed by atoms with E-state index in [1.165, 1.54) is 6.07 Å². The number of rotatable bonds is 4. The second-order valence-corrected chi connectivity index (χ2v) is 4.88. The molecule has 0 radical (unpaired) electrons. The van der Waals surface area contributed by atoms with Crippen molar-refractivity contribution in [3.63, 3.8) is 0 Å². The summed E-state index contributed by atoms with van der Waals surface area (Å²) in [5.74, 6) is 0. The quantitative estimate of drug-likeness (QED) is 0.819. The Kier molecular flexibility index (Phi) is 4.86. The summed E-state index contributed by atoms with van der Waals surface area (Å²) in [6, 6.07) is 4.37. The predicted octanol–water partition coefficient (Wildman–Crippen LogP) is 5.07. The summed E-state index contributed by atoms with van der Waals surface area (Å²) in [7, 11) is 0. The van der Waals surface area contributed by atoms with Crippen molar-refractivity contribution in [2.75, 3.05) is 5.32 Å². The van der Waals surface area contributed by atoms with E-state index in [1.807, 2.05) is 13.8 Å². The first-order chi connectivity index (χ1) is 7.84. The maximum atomic E-state index is 12.7. The van der Waals surface area contributed by atoms with Crippen LogP contribution in [0.1, 0.15) is 32.3 Å². The maximum absolute atomic E-state index is 12.7. The molecule has 0 spiro atoms. The molecular formula is C12H15BrF3N. The van der Waals surface area contributed by atoms with Crippen LogP contribution < -0.4 is 5.32 Å². The lowest BCUT2D eigenvalue weighted by Gasteiger charge is -2.16. The predicted molar refractivity (Wildman–Crippen MR) is 67.1 cm³/mol. The fraction of sp³-hybridized carbons (Fsp3) is 0.500. The molecule has 0 fully saturated rings. The first-order valence-electron chi connectivity index (χ1n) is 5.48. The minimum Gasteiger partial charge on any atom is -0.383 e. The SMILES string of the molecule is CCCC(C)Nc1ccc(Br)c(C(F)(F)F)c1. The van der Waals surface area contributed by atoms with Crippen molar-refractivity contribution >= 4 is 21.6 Å². The highest BCUT2D eigenvalue weighted by Gasteiger charge is 2.33. The van der Waals surface area contributed by atoms with Gasteiger partial charge in [-0.05, 0) is 31.5 Å². The van der Waals surface area contributed by atoms with Crippen LogP contribution in [0.25, 0.3) is 0 Å². The molecule has 0 aliphatic carbocycles. The van der Waals surface area contributed by atoms with E-state index in [0.29, 0.717) is 5.69 Å². The fourth-order valence-electron chi connectivity index (χ4n) is 1.62. The van der Waals surface area contributed by atoms with E-state index in [-0.39, 0.29) is 10.5 Å². The van der Waals surface area contributed by atoms with Gasteiger partial charge in [0.25, 0.3) is 0 Å². The normalized spacial score (nSPS) is 13.5. The van der Waals surface area contributed by atoms with E-state index in [0.717, 1.165) is 18.9 Å². The van der Waals surface area contributed by atoms with Crippen molar-refractivity contribution in [1.29, 1.82) is 0 Å². The molecule has 0 heterocycles. The van der Waals surface area contributed by atoms with Crippen LogP contribution in [0.2, 0.25) is 0 Å². The Morgan fingerprint density at radius 1 is 1.35 bits per heavy atom. The molecule has 0 saturated carbocycles. The van der Waals surface area contributed by atoms with E-state index >= 15 is 0 Å². The van der Waals surface area contributed by atoms with Crippen LogP contribution in [0.3, 0.4) is 0 Å². The van der Waals surface area contributed by atoms with Crippen LogP contribution in [0.5, 0.6) is 0 Å². The Labute approximate surface area is 108 Å². The first kappa shape index (κ1) is 14.4. The highest BCUT2D eigenvalue weighted by molar-refractivity contribution is 9.10. The minimum absolute atomic E-state index is 0.0682. The highest BCUT2D eigenvalue weighted by Crippen LogP contribution is 2.36. The van der Waals surface area contributed by atoms with Gasteiger partial charge in [-0.25, -0.2) is 0 Å². The van der Waals surface area contributed by atoms with Gasteiger partial charge >= 0.3 is 6.18 Å². The summed E-state index contributed by atoms with van der Waals surface area (Å²) < 4.78 is 38.0. The van der Waals surface area contributed by atoms with E-state index in [4.69, 9.17) is 0 Å². The number of hydrogen-bond acceptors (Lipinski definition) is 1. The van der Waals surface area contributed by atoms with Crippen LogP contribution in [0, 0.1) is 0 Å². The average molecular weight is 310 g/mol. The Bertz CT molecular complexity index is 377. The number of benzene rings is 1. The molecule has 0 bridgehead atoms. The first-order valence-corrected chi connectivity index (χ1v) is 6.27. The number of halogens is 4. The molecule has 0 saturated heterocycles. The van der Waals surface area contributed by atoms with Gasteiger partial charge in [-0.15, -0.1) is 0 Å². The number of nitrogens with one attached hydrogen (secondary N) is 1. The molecule has 1 rings (SSSR count). The highest BCUT2D eigenvalue weighted by atomic mass is 79.9. The van der Waals surface area contributed by atoms with Crippen LogP contribution in [-0.4, -0.2) is 6.04 Å². The summed E-state index contributed by atoms with van der Waals surface area (Å²) in [6.07, 6.45) is -2.40. The van der Waals surface area contributed by atoms with Gasteiger partial charge in [-0.3, -0.25) is 0 Å². The minimum atomic E-state index is -4.33. The molecular weight excluding hydrogens is 295 g/mol. The van der Waals surface area contributed by atoms with Gasteiger partial charge in [0.05, 0.1) is 5.56 Å². The lowest BCUT2D eigenvalue weighted by atomic mass is 10.1. The molecule has 1 atom stereocenters. The van der Waals surface area contributed by atoms with Crippen molar-refractivity contribution < 1.29 is 13.2 Å². The van der Waals surface area contributed by atoms with Crippen molar-refractivity contribution in [3.8, 4) is 0 Å². The molecule has 96 valence electrons. The third-order valence-electron chi connectivity index (χ3n) is 2.41. The van der Waals surface area contributed by atoms with Gasteiger partial charge in [-0.2, -0.15) is 13.2 Å². The molecule has 17 heavy (non-hydrogen) atoms. The Morgan fingerprint density at radius 2 is 2.00 bits per heavy atom. The smallest absolute Gasteiger partial charge is 0.383 e. The molecule has 0 aliphatic heterocycles.